The van der Waals surface area contributed by atoms with Crippen LogP contribution in [-0.2, 0) is 31.6 Å². The molecule has 0 radical (unpaired) electrons. The number of phosphoric ester groups is 1. The number of phosphoric acid groups is 3. The number of ether oxygens (including phenoxy) is 1. The van der Waals surface area contributed by atoms with Crippen LogP contribution < -0.4 is 0 Å². The number of aromatic amines is 1. The molecule has 1 aromatic heterocycles. The van der Waals surface area contributed by atoms with Crippen LogP contribution in [0.3, 0.4) is 0 Å². The number of halogens is 1. The lowest BCUT2D eigenvalue weighted by Gasteiger charge is -2.19. The van der Waals surface area contributed by atoms with Crippen molar-refractivity contribution in [2.24, 2.45) is 0 Å². The standard InChI is InChI=1S/C10H16FN2O12P3S2/c1-4-2-13(10(30)12-8(4)29)9-6(11)7(14)5(23-9)3-22-27(18,19)25-28(20,21)24-26(15,16)17/h2,5-7,9,14H,3H2,1H3,(H,18,19)(H,20,21)(H,12,29,30)(H2,15,16,17)/t5-,6+,7?,9-/m0/s1/i3D2. The van der Waals surface area contributed by atoms with Gasteiger partial charge in [0.05, 0.1) is 9.30 Å². The van der Waals surface area contributed by atoms with Crippen molar-refractivity contribution in [3.8, 4) is 0 Å². The molecule has 6 atom stereocenters. The zero-order valence-electron chi connectivity index (χ0n) is 16.5. The van der Waals surface area contributed by atoms with Crippen LogP contribution >= 0.6 is 47.9 Å². The van der Waals surface area contributed by atoms with Gasteiger partial charge in [0.15, 0.2) is 17.2 Å². The van der Waals surface area contributed by atoms with Crippen LogP contribution in [0.2, 0.25) is 0 Å². The van der Waals surface area contributed by atoms with E-state index in [1.54, 1.807) is 0 Å². The minimum Gasteiger partial charge on any atom is -0.387 e. The van der Waals surface area contributed by atoms with Crippen molar-refractivity contribution in [3.05, 3.63) is 21.2 Å². The van der Waals surface area contributed by atoms with Gasteiger partial charge in [-0.1, -0.05) is 12.2 Å². The van der Waals surface area contributed by atoms with Crippen LogP contribution in [0.5, 0.6) is 0 Å². The normalized spacial score (nSPS) is 30.2. The number of rotatable bonds is 8. The molecule has 6 N–H and O–H groups in total. The molecule has 0 spiro atoms. The number of aryl methyl sites for hydroxylation is 1. The lowest BCUT2D eigenvalue weighted by atomic mass is 10.1. The molecule has 0 aliphatic carbocycles. The van der Waals surface area contributed by atoms with Crippen molar-refractivity contribution in [1.82, 2.24) is 9.55 Å². The molecule has 1 aromatic rings. The Balaban J connectivity index is 2.27. The third-order valence-electron chi connectivity index (χ3n) is 3.32. The predicted molar refractivity (Wildman–Crippen MR) is 99.8 cm³/mol. The summed E-state index contributed by atoms with van der Waals surface area (Å²) < 4.78 is 81.2. The van der Waals surface area contributed by atoms with E-state index in [-0.39, 0.29) is 9.41 Å². The highest BCUT2D eigenvalue weighted by Crippen LogP contribution is 2.66. The summed E-state index contributed by atoms with van der Waals surface area (Å²) in [6, 6.07) is 0. The van der Waals surface area contributed by atoms with Gasteiger partial charge in [-0.05, 0) is 19.1 Å². The minimum atomic E-state index is -5.95. The predicted octanol–water partition coefficient (Wildman–Crippen LogP) is 1.52. The van der Waals surface area contributed by atoms with E-state index in [0.29, 0.717) is 5.56 Å². The first-order valence-electron chi connectivity index (χ1n) is 8.39. The number of alkyl halides is 1. The number of nitrogens with zero attached hydrogens (tertiary/aromatic N) is 1. The Bertz CT molecular complexity index is 1140. The van der Waals surface area contributed by atoms with Crippen molar-refractivity contribution < 1.29 is 63.4 Å². The molecule has 1 aliphatic rings. The van der Waals surface area contributed by atoms with Gasteiger partial charge in [-0.15, -0.1) is 0 Å². The average Bonchev–Trinajstić information content (AvgIpc) is 2.82. The van der Waals surface area contributed by atoms with E-state index in [2.05, 4.69) is 18.1 Å². The van der Waals surface area contributed by atoms with Gasteiger partial charge in [-0.25, -0.2) is 18.1 Å². The lowest BCUT2D eigenvalue weighted by Crippen LogP contribution is -2.31. The molecule has 1 aliphatic heterocycles. The third-order valence-corrected chi connectivity index (χ3v) is 7.72. The second-order valence-corrected chi connectivity index (χ2v) is 10.8. The summed E-state index contributed by atoms with van der Waals surface area (Å²) in [5.41, 5.74) is 0.415. The molecular weight excluding hydrogens is 516 g/mol. The smallest absolute Gasteiger partial charge is 0.387 e. The van der Waals surface area contributed by atoms with Gasteiger partial charge in [0.25, 0.3) is 0 Å². The molecule has 0 amide bonds. The zero-order valence-corrected chi connectivity index (χ0v) is 18.8. The SMILES string of the molecule is [2H]C([2H])(OP(=O)(O)OP(=O)(O)OP(=O)(O)O)[C@@H]1O[C@H](n2cc(C)c(=S)[nH]c2=S)[C@H](F)C1O. The third kappa shape index (κ3) is 6.89. The molecule has 14 nitrogen and oxygen atoms in total. The van der Waals surface area contributed by atoms with E-state index in [1.165, 1.54) is 13.1 Å². The van der Waals surface area contributed by atoms with E-state index in [0.717, 1.165) is 4.57 Å². The molecule has 0 bridgehead atoms. The molecule has 1 saturated heterocycles. The van der Waals surface area contributed by atoms with Crippen LogP contribution in [-0.4, -0.2) is 59.2 Å². The van der Waals surface area contributed by atoms with E-state index in [9.17, 15) is 28.1 Å². The first-order valence-corrected chi connectivity index (χ1v) is 12.7. The van der Waals surface area contributed by atoms with Crippen LogP contribution in [0.25, 0.3) is 0 Å². The van der Waals surface area contributed by atoms with Gasteiger partial charge in [-0.3, -0.25) is 9.09 Å². The van der Waals surface area contributed by atoms with Gasteiger partial charge in [0.1, 0.15) is 16.8 Å². The highest BCUT2D eigenvalue weighted by molar-refractivity contribution is 7.72. The molecule has 2 rings (SSSR count). The van der Waals surface area contributed by atoms with E-state index in [4.69, 9.17) is 46.6 Å². The van der Waals surface area contributed by atoms with E-state index >= 15 is 0 Å². The fourth-order valence-corrected chi connectivity index (χ4v) is 5.50. The van der Waals surface area contributed by atoms with Crippen LogP contribution in [0.1, 0.15) is 14.5 Å². The number of hydrogen-bond donors (Lipinski definition) is 6. The summed E-state index contributed by atoms with van der Waals surface area (Å²) >= 11 is 9.97. The Kier molecular flexibility index (Phi) is 7.14. The summed E-state index contributed by atoms with van der Waals surface area (Å²) in [5, 5.41) is 10.1. The molecule has 0 saturated carbocycles. The molecule has 2 heterocycles. The van der Waals surface area contributed by atoms with Gasteiger partial charge in [0.2, 0.25) is 0 Å². The minimum absolute atomic E-state index is 0.158. The first-order chi connectivity index (χ1) is 14.2. The van der Waals surface area contributed by atoms with Gasteiger partial charge in [0, 0.05) is 11.8 Å². The Morgan fingerprint density at radius 2 is 1.87 bits per heavy atom. The van der Waals surface area contributed by atoms with Crippen molar-refractivity contribution >= 4 is 47.9 Å². The van der Waals surface area contributed by atoms with Crippen molar-refractivity contribution in [2.75, 3.05) is 6.56 Å². The number of aliphatic hydroxyl groups excluding tert-OH is 1. The summed E-state index contributed by atoms with van der Waals surface area (Å²) in [6.45, 7) is -2.02. The number of aromatic nitrogens is 2. The second kappa shape index (κ2) is 9.33. The molecular formula is C10H16FN2O12P3S2. The number of H-pyrrole nitrogens is 1. The zero-order chi connectivity index (χ0) is 24.9. The first kappa shape index (κ1) is 23.0. The molecule has 1 fully saturated rings. The fourth-order valence-electron chi connectivity index (χ4n) is 2.15. The number of hydrogen-bond acceptors (Lipinski definition) is 10. The Morgan fingerprint density at radius 1 is 1.27 bits per heavy atom. The Labute approximate surface area is 180 Å². The fraction of sp³-hybridized carbons (Fsp3) is 0.600. The molecule has 30 heavy (non-hydrogen) atoms. The molecule has 20 heteroatoms. The summed E-state index contributed by atoms with van der Waals surface area (Å²) in [5.74, 6) is 0. The molecule has 3 unspecified atom stereocenters. The maximum atomic E-state index is 14.7. The highest BCUT2D eigenvalue weighted by atomic mass is 32.1. The quantitative estimate of drug-likeness (QED) is 0.206. The van der Waals surface area contributed by atoms with Crippen LogP contribution in [0, 0.1) is 16.3 Å². The van der Waals surface area contributed by atoms with E-state index in [1.807, 2.05) is 0 Å². The monoisotopic (exact) mass is 534 g/mol. The highest BCUT2D eigenvalue weighted by Gasteiger charge is 2.47. The van der Waals surface area contributed by atoms with Gasteiger partial charge >= 0.3 is 23.5 Å². The maximum absolute atomic E-state index is 14.7. The van der Waals surface area contributed by atoms with Crippen molar-refractivity contribution in [1.29, 1.82) is 0 Å². The van der Waals surface area contributed by atoms with Crippen LogP contribution in [0.4, 0.5) is 4.39 Å². The molecule has 172 valence electrons. The van der Waals surface area contributed by atoms with E-state index < -0.39 is 54.6 Å². The molecule has 0 aromatic carbocycles. The average molecular weight is 534 g/mol. The topological polar surface area (TPSA) is 210 Å². The van der Waals surface area contributed by atoms with Crippen LogP contribution in [0.15, 0.2) is 6.20 Å². The summed E-state index contributed by atoms with van der Waals surface area (Å²) in [7, 11) is -17.6. The maximum Gasteiger partial charge on any atom is 0.490 e. The largest absolute Gasteiger partial charge is 0.490 e. The lowest BCUT2D eigenvalue weighted by molar-refractivity contribution is -0.0475. The Hall–Kier alpha value is -0.220. The number of aliphatic hydroxyl groups is 1. The van der Waals surface area contributed by atoms with Crippen molar-refractivity contribution in [2.45, 2.75) is 31.5 Å². The second-order valence-electron chi connectivity index (χ2n) is 5.66. The van der Waals surface area contributed by atoms with Gasteiger partial charge < -0.3 is 34.4 Å². The van der Waals surface area contributed by atoms with Gasteiger partial charge in [-0.2, -0.15) is 8.62 Å². The number of nitrogens with one attached hydrogen (secondary N) is 1. The van der Waals surface area contributed by atoms with Crippen molar-refractivity contribution in [3.63, 3.8) is 0 Å². The summed E-state index contributed by atoms with van der Waals surface area (Å²) in [6.07, 6.45) is -7.43. The Morgan fingerprint density at radius 3 is 2.43 bits per heavy atom. The summed E-state index contributed by atoms with van der Waals surface area (Å²) in [4.78, 5) is 38.2.